The summed E-state index contributed by atoms with van der Waals surface area (Å²) >= 11 is 6.30. The number of halogens is 1. The van der Waals surface area contributed by atoms with Gasteiger partial charge in [-0.2, -0.15) is 10.2 Å². The largest absolute Gasteiger partial charge is 0.368 e. The molecule has 0 unspecified atom stereocenters. The second kappa shape index (κ2) is 7.81. The van der Waals surface area contributed by atoms with Gasteiger partial charge in [0, 0.05) is 0 Å². The third-order valence-corrected chi connectivity index (χ3v) is 4.87. The molecule has 0 saturated carbocycles. The maximum atomic E-state index is 13.4. The molecule has 2 heterocycles. The molecule has 3 N–H and O–H groups in total. The Kier molecular flexibility index (Phi) is 5.04. The number of para-hydroxylation sites is 1. The first-order valence-electron chi connectivity index (χ1n) is 9.05. The van der Waals surface area contributed by atoms with Gasteiger partial charge in [-0.05, 0) is 31.2 Å². The first kappa shape index (κ1) is 19.4. The number of aromatic nitrogens is 4. The number of nitrogens with one attached hydrogen (secondary N) is 1. The SMILES string of the molecule is C[C@@H](Nc1nc(N)ncc1C#N)c1nc2cccc(Cl)c2c(=O)n1-c1ccccc1. The number of nitrogens with two attached hydrogens (primary N) is 1. The van der Waals surface area contributed by atoms with E-state index in [0.29, 0.717) is 27.4 Å². The smallest absolute Gasteiger partial charge is 0.267 e. The van der Waals surface area contributed by atoms with E-state index in [0.717, 1.165) is 0 Å². The van der Waals surface area contributed by atoms with E-state index in [1.807, 2.05) is 43.3 Å². The average molecular weight is 418 g/mol. The van der Waals surface area contributed by atoms with Gasteiger partial charge in [0.25, 0.3) is 5.56 Å². The first-order chi connectivity index (χ1) is 14.5. The van der Waals surface area contributed by atoms with Gasteiger partial charge in [0.1, 0.15) is 23.3 Å². The van der Waals surface area contributed by atoms with Crippen LogP contribution in [-0.4, -0.2) is 19.5 Å². The van der Waals surface area contributed by atoms with Crippen LogP contribution in [-0.2, 0) is 0 Å². The zero-order valence-corrected chi connectivity index (χ0v) is 16.6. The number of nitrogen functional groups attached to an aromatic ring is 1. The van der Waals surface area contributed by atoms with E-state index in [4.69, 9.17) is 22.3 Å². The van der Waals surface area contributed by atoms with E-state index in [-0.39, 0.29) is 22.9 Å². The summed E-state index contributed by atoms with van der Waals surface area (Å²) in [5.74, 6) is 0.724. The van der Waals surface area contributed by atoms with Gasteiger partial charge < -0.3 is 11.1 Å². The molecule has 30 heavy (non-hydrogen) atoms. The van der Waals surface area contributed by atoms with E-state index in [1.54, 1.807) is 18.2 Å². The number of nitriles is 1. The topological polar surface area (TPSA) is 123 Å². The van der Waals surface area contributed by atoms with Gasteiger partial charge in [-0.3, -0.25) is 9.36 Å². The summed E-state index contributed by atoms with van der Waals surface area (Å²) in [5, 5.41) is 13.1. The number of benzene rings is 2. The van der Waals surface area contributed by atoms with Crippen LogP contribution in [0.4, 0.5) is 11.8 Å². The van der Waals surface area contributed by atoms with Crippen LogP contribution in [0.1, 0.15) is 24.4 Å². The maximum Gasteiger partial charge on any atom is 0.267 e. The van der Waals surface area contributed by atoms with Crippen molar-refractivity contribution in [2.75, 3.05) is 11.1 Å². The second-order valence-corrected chi connectivity index (χ2v) is 6.96. The number of fused-ring (bicyclic) bond motifs is 1. The monoisotopic (exact) mass is 417 g/mol. The number of anilines is 2. The summed E-state index contributed by atoms with van der Waals surface area (Å²) in [5.41, 5.74) is 6.74. The van der Waals surface area contributed by atoms with Crippen LogP contribution >= 0.6 is 11.6 Å². The predicted octanol–water partition coefficient (Wildman–Crippen LogP) is 3.46. The first-order valence-corrected chi connectivity index (χ1v) is 9.43. The lowest BCUT2D eigenvalue weighted by atomic mass is 10.2. The molecule has 2 aromatic carbocycles. The van der Waals surface area contributed by atoms with Crippen molar-refractivity contribution >= 4 is 34.3 Å². The molecule has 148 valence electrons. The average Bonchev–Trinajstić information content (AvgIpc) is 2.74. The Bertz CT molecular complexity index is 1350. The van der Waals surface area contributed by atoms with Crippen LogP contribution < -0.4 is 16.6 Å². The van der Waals surface area contributed by atoms with Gasteiger partial charge in [0.2, 0.25) is 5.95 Å². The van der Waals surface area contributed by atoms with Crippen molar-refractivity contribution in [3.8, 4) is 11.8 Å². The molecule has 0 aliphatic rings. The van der Waals surface area contributed by atoms with Gasteiger partial charge in [-0.25, -0.2) is 9.97 Å². The Morgan fingerprint density at radius 3 is 2.67 bits per heavy atom. The highest BCUT2D eigenvalue weighted by Crippen LogP contribution is 2.25. The van der Waals surface area contributed by atoms with Crippen molar-refractivity contribution in [2.45, 2.75) is 13.0 Å². The molecule has 0 aliphatic heterocycles. The third-order valence-electron chi connectivity index (χ3n) is 4.56. The summed E-state index contributed by atoms with van der Waals surface area (Å²) in [4.78, 5) is 26.1. The van der Waals surface area contributed by atoms with E-state index < -0.39 is 6.04 Å². The number of rotatable bonds is 4. The summed E-state index contributed by atoms with van der Waals surface area (Å²) in [6.07, 6.45) is 1.34. The highest BCUT2D eigenvalue weighted by atomic mass is 35.5. The van der Waals surface area contributed by atoms with Gasteiger partial charge in [0.05, 0.1) is 33.9 Å². The van der Waals surface area contributed by atoms with E-state index in [9.17, 15) is 10.1 Å². The molecule has 4 rings (SSSR count). The number of nitrogens with zero attached hydrogens (tertiary/aromatic N) is 5. The van der Waals surface area contributed by atoms with Crippen molar-refractivity contribution < 1.29 is 0 Å². The quantitative estimate of drug-likeness (QED) is 0.521. The minimum Gasteiger partial charge on any atom is -0.368 e. The molecule has 0 spiro atoms. The summed E-state index contributed by atoms with van der Waals surface area (Å²) in [6.45, 7) is 1.82. The lowest BCUT2D eigenvalue weighted by molar-refractivity contribution is 0.730. The van der Waals surface area contributed by atoms with Crippen molar-refractivity contribution in [1.29, 1.82) is 5.26 Å². The second-order valence-electron chi connectivity index (χ2n) is 6.55. The predicted molar refractivity (Wildman–Crippen MR) is 116 cm³/mol. The van der Waals surface area contributed by atoms with Crippen LogP contribution in [0.5, 0.6) is 0 Å². The van der Waals surface area contributed by atoms with Gasteiger partial charge >= 0.3 is 0 Å². The summed E-state index contributed by atoms with van der Waals surface area (Å²) in [7, 11) is 0. The molecule has 1 atom stereocenters. The van der Waals surface area contributed by atoms with Crippen LogP contribution in [0.25, 0.3) is 16.6 Å². The van der Waals surface area contributed by atoms with Gasteiger partial charge in [0.15, 0.2) is 0 Å². The molecule has 4 aromatic rings. The van der Waals surface area contributed by atoms with Gasteiger partial charge in [-0.15, -0.1) is 0 Å². The summed E-state index contributed by atoms with van der Waals surface area (Å²) < 4.78 is 1.50. The molecule has 0 radical (unpaired) electrons. The molecule has 0 aliphatic carbocycles. The van der Waals surface area contributed by atoms with E-state index in [2.05, 4.69) is 15.3 Å². The molecule has 8 nitrogen and oxygen atoms in total. The lowest BCUT2D eigenvalue weighted by Crippen LogP contribution is -2.27. The zero-order chi connectivity index (χ0) is 21.3. The minimum absolute atomic E-state index is 0.0300. The standard InChI is InChI=1S/C21H16ClN7O/c1-12(26-18-13(10-23)11-25-21(24)28-18)19-27-16-9-5-8-15(22)17(16)20(30)29(19)14-6-3-2-4-7-14/h2-9,11-12H,1H3,(H3,24,25,26,28)/t12-/m1/s1. The van der Waals surface area contributed by atoms with Crippen LogP contribution in [0, 0.1) is 11.3 Å². The van der Waals surface area contributed by atoms with Crippen LogP contribution in [0.15, 0.2) is 59.5 Å². The van der Waals surface area contributed by atoms with Crippen LogP contribution in [0.3, 0.4) is 0 Å². The normalized spacial score (nSPS) is 11.8. The van der Waals surface area contributed by atoms with E-state index in [1.165, 1.54) is 10.8 Å². The van der Waals surface area contributed by atoms with Crippen molar-refractivity contribution in [1.82, 2.24) is 19.5 Å². The molecular weight excluding hydrogens is 402 g/mol. The van der Waals surface area contributed by atoms with Crippen molar-refractivity contribution in [3.05, 3.63) is 81.5 Å². The molecule has 2 aromatic heterocycles. The number of hydrogen-bond acceptors (Lipinski definition) is 7. The molecule has 0 saturated heterocycles. The fraction of sp³-hybridized carbons (Fsp3) is 0.0952. The molecule has 9 heteroatoms. The Morgan fingerprint density at radius 2 is 1.93 bits per heavy atom. The Morgan fingerprint density at radius 1 is 1.17 bits per heavy atom. The molecule has 0 amide bonds. The maximum absolute atomic E-state index is 13.4. The van der Waals surface area contributed by atoms with E-state index >= 15 is 0 Å². The number of hydrogen-bond donors (Lipinski definition) is 2. The Hall–Kier alpha value is -3.96. The van der Waals surface area contributed by atoms with Gasteiger partial charge in [-0.1, -0.05) is 35.9 Å². The van der Waals surface area contributed by atoms with Crippen molar-refractivity contribution in [2.24, 2.45) is 0 Å². The fourth-order valence-corrected chi connectivity index (χ4v) is 3.43. The zero-order valence-electron chi connectivity index (χ0n) is 15.9. The Labute approximate surface area is 176 Å². The third kappa shape index (κ3) is 3.43. The minimum atomic E-state index is -0.498. The highest BCUT2D eigenvalue weighted by molar-refractivity contribution is 6.35. The van der Waals surface area contributed by atoms with Crippen molar-refractivity contribution in [3.63, 3.8) is 0 Å². The summed E-state index contributed by atoms with van der Waals surface area (Å²) in [6, 6.07) is 15.8. The molecule has 0 bridgehead atoms. The lowest BCUT2D eigenvalue weighted by Gasteiger charge is -2.20. The molecular formula is C21H16ClN7O. The highest BCUT2D eigenvalue weighted by Gasteiger charge is 2.20. The van der Waals surface area contributed by atoms with Crippen LogP contribution in [0.2, 0.25) is 5.02 Å². The Balaban J connectivity index is 1.93. The fourth-order valence-electron chi connectivity index (χ4n) is 3.18. The molecule has 0 fully saturated rings.